The summed E-state index contributed by atoms with van der Waals surface area (Å²) >= 11 is 5.33. The van der Waals surface area contributed by atoms with Crippen molar-refractivity contribution in [2.24, 2.45) is 0 Å². The normalized spacial score (nSPS) is 10.7. The van der Waals surface area contributed by atoms with Crippen molar-refractivity contribution in [2.45, 2.75) is 6.54 Å². The molecule has 118 valence electrons. The minimum absolute atomic E-state index is 0.112. The molecule has 3 aromatic rings. The lowest BCUT2D eigenvalue weighted by Crippen LogP contribution is -2.22. The van der Waals surface area contributed by atoms with Crippen LogP contribution < -0.4 is 15.0 Å². The molecule has 6 heteroatoms. The lowest BCUT2D eigenvalue weighted by atomic mass is 10.2. The van der Waals surface area contributed by atoms with Crippen LogP contribution in [0.25, 0.3) is 10.9 Å². The molecule has 0 spiro atoms. The first-order valence-electron chi connectivity index (χ1n) is 7.07. The molecule has 0 atom stereocenters. The van der Waals surface area contributed by atoms with Crippen molar-refractivity contribution in [1.82, 2.24) is 9.55 Å². The van der Waals surface area contributed by atoms with Gasteiger partial charge in [0.2, 0.25) is 0 Å². The Morgan fingerprint density at radius 3 is 2.57 bits per heavy atom. The number of H-pyrrole nitrogens is 1. The smallest absolute Gasteiger partial charge is 0.262 e. The molecule has 3 rings (SSSR count). The molecule has 1 aromatic heterocycles. The van der Waals surface area contributed by atoms with Gasteiger partial charge in [0.25, 0.3) is 5.56 Å². The maximum Gasteiger partial charge on any atom is 0.262 e. The summed E-state index contributed by atoms with van der Waals surface area (Å²) in [6, 6.07) is 12.9. The molecule has 23 heavy (non-hydrogen) atoms. The zero-order valence-electron chi connectivity index (χ0n) is 12.8. The molecule has 0 saturated heterocycles. The third-order valence-corrected chi connectivity index (χ3v) is 4.00. The van der Waals surface area contributed by atoms with E-state index in [4.69, 9.17) is 21.7 Å². The number of rotatable bonds is 4. The number of nitrogens with one attached hydrogen (secondary N) is 1. The van der Waals surface area contributed by atoms with Crippen LogP contribution in [0.3, 0.4) is 0 Å². The standard InChI is InChI=1S/C17H16N2O3S/c1-21-14-8-7-11(9-15(14)22-2)10-19-16(20)12-5-3-4-6-13(12)18-17(19)23/h3-9H,10H2,1-2H3,(H,18,23). The molecule has 0 unspecified atom stereocenters. The fourth-order valence-corrected chi connectivity index (χ4v) is 2.76. The van der Waals surface area contributed by atoms with Crippen molar-refractivity contribution in [3.8, 4) is 11.5 Å². The number of methoxy groups -OCH3 is 2. The van der Waals surface area contributed by atoms with Gasteiger partial charge < -0.3 is 14.5 Å². The van der Waals surface area contributed by atoms with Gasteiger partial charge in [0.1, 0.15) is 0 Å². The van der Waals surface area contributed by atoms with Gasteiger partial charge in [-0.3, -0.25) is 9.36 Å². The Bertz CT molecular complexity index is 975. The highest BCUT2D eigenvalue weighted by molar-refractivity contribution is 7.71. The third-order valence-electron chi connectivity index (χ3n) is 3.68. The van der Waals surface area contributed by atoms with Crippen LogP contribution in [0, 0.1) is 4.77 Å². The van der Waals surface area contributed by atoms with Gasteiger partial charge in [0, 0.05) is 0 Å². The topological polar surface area (TPSA) is 56.2 Å². The Morgan fingerprint density at radius 2 is 1.83 bits per heavy atom. The first-order chi connectivity index (χ1) is 11.1. The molecule has 0 aliphatic heterocycles. The fraction of sp³-hybridized carbons (Fsp3) is 0.176. The van der Waals surface area contributed by atoms with Gasteiger partial charge in [0.15, 0.2) is 16.3 Å². The molecule has 0 amide bonds. The molecule has 1 heterocycles. The Morgan fingerprint density at radius 1 is 1.09 bits per heavy atom. The predicted octanol–water partition coefficient (Wildman–Crippen LogP) is 3.12. The number of fused-ring (bicyclic) bond motifs is 1. The second-order valence-electron chi connectivity index (χ2n) is 5.06. The van der Waals surface area contributed by atoms with E-state index >= 15 is 0 Å². The predicted molar refractivity (Wildman–Crippen MR) is 92.0 cm³/mol. The molecule has 5 nitrogen and oxygen atoms in total. The molecule has 2 aromatic carbocycles. The molecule has 1 N–H and O–H groups in total. The highest BCUT2D eigenvalue weighted by Gasteiger charge is 2.09. The van der Waals surface area contributed by atoms with Crippen LogP contribution in [0.1, 0.15) is 5.56 Å². The number of hydrogen-bond donors (Lipinski definition) is 1. The van der Waals surface area contributed by atoms with Crippen LogP contribution in [0.5, 0.6) is 11.5 Å². The van der Waals surface area contributed by atoms with E-state index in [1.165, 1.54) is 0 Å². The highest BCUT2D eigenvalue weighted by Crippen LogP contribution is 2.27. The number of para-hydroxylation sites is 1. The maximum atomic E-state index is 12.7. The number of ether oxygens (including phenoxy) is 2. The van der Waals surface area contributed by atoms with Crippen LogP contribution in [0.2, 0.25) is 0 Å². The summed E-state index contributed by atoms with van der Waals surface area (Å²) < 4.78 is 12.5. The van der Waals surface area contributed by atoms with Crippen molar-refractivity contribution in [2.75, 3.05) is 14.2 Å². The Hall–Kier alpha value is -2.60. The van der Waals surface area contributed by atoms with Gasteiger partial charge in [-0.1, -0.05) is 18.2 Å². The van der Waals surface area contributed by atoms with Crippen molar-refractivity contribution < 1.29 is 9.47 Å². The number of aromatic amines is 1. The van der Waals surface area contributed by atoms with Crippen LogP contribution >= 0.6 is 12.2 Å². The minimum atomic E-state index is -0.112. The van der Waals surface area contributed by atoms with Gasteiger partial charge in [-0.25, -0.2) is 0 Å². The largest absolute Gasteiger partial charge is 0.493 e. The molecule has 0 fully saturated rings. The van der Waals surface area contributed by atoms with Crippen LogP contribution in [-0.2, 0) is 6.54 Å². The number of aromatic nitrogens is 2. The molecule has 0 aliphatic carbocycles. The van der Waals surface area contributed by atoms with E-state index < -0.39 is 0 Å². The van der Waals surface area contributed by atoms with E-state index in [0.717, 1.165) is 11.1 Å². The molecule has 0 saturated carbocycles. The zero-order valence-corrected chi connectivity index (χ0v) is 13.6. The second kappa shape index (κ2) is 6.26. The number of benzene rings is 2. The lowest BCUT2D eigenvalue weighted by Gasteiger charge is -2.11. The molecular weight excluding hydrogens is 312 g/mol. The summed E-state index contributed by atoms with van der Waals surface area (Å²) in [6.45, 7) is 0.360. The summed E-state index contributed by atoms with van der Waals surface area (Å²) in [4.78, 5) is 15.7. The lowest BCUT2D eigenvalue weighted by molar-refractivity contribution is 0.354. The van der Waals surface area contributed by atoms with E-state index in [1.807, 2.05) is 36.4 Å². The quantitative estimate of drug-likeness (QED) is 0.748. The summed E-state index contributed by atoms with van der Waals surface area (Å²) in [5.41, 5.74) is 1.53. The first kappa shape index (κ1) is 15.3. The van der Waals surface area contributed by atoms with Gasteiger partial charge in [-0.15, -0.1) is 0 Å². The molecule has 0 aliphatic rings. The van der Waals surface area contributed by atoms with Crippen LogP contribution in [0.4, 0.5) is 0 Å². The van der Waals surface area contributed by atoms with Crippen molar-refractivity contribution in [3.63, 3.8) is 0 Å². The summed E-state index contributed by atoms with van der Waals surface area (Å²) in [5.74, 6) is 1.26. The average Bonchev–Trinajstić information content (AvgIpc) is 2.58. The van der Waals surface area contributed by atoms with Gasteiger partial charge >= 0.3 is 0 Å². The maximum absolute atomic E-state index is 12.7. The Kier molecular flexibility index (Phi) is 4.16. The fourth-order valence-electron chi connectivity index (χ4n) is 2.50. The SMILES string of the molecule is COc1ccc(Cn2c(=S)[nH]c3ccccc3c2=O)cc1OC. The van der Waals surface area contributed by atoms with E-state index in [1.54, 1.807) is 24.9 Å². The third kappa shape index (κ3) is 2.85. The number of nitrogens with zero attached hydrogens (tertiary/aromatic N) is 1. The van der Waals surface area contributed by atoms with Crippen molar-refractivity contribution in [3.05, 3.63) is 63.2 Å². The zero-order chi connectivity index (χ0) is 16.4. The van der Waals surface area contributed by atoms with E-state index in [9.17, 15) is 4.79 Å². The number of hydrogen-bond acceptors (Lipinski definition) is 4. The van der Waals surface area contributed by atoms with E-state index in [2.05, 4.69) is 4.98 Å². The molecule has 0 radical (unpaired) electrons. The van der Waals surface area contributed by atoms with Crippen molar-refractivity contribution >= 4 is 23.1 Å². The first-order valence-corrected chi connectivity index (χ1v) is 7.47. The van der Waals surface area contributed by atoms with Crippen LogP contribution in [-0.4, -0.2) is 23.8 Å². The summed E-state index contributed by atoms with van der Waals surface area (Å²) in [6.07, 6.45) is 0. The monoisotopic (exact) mass is 328 g/mol. The molecule has 0 bridgehead atoms. The van der Waals surface area contributed by atoms with Crippen LogP contribution in [0.15, 0.2) is 47.3 Å². The average molecular weight is 328 g/mol. The summed E-state index contributed by atoms with van der Waals surface area (Å²) in [5, 5.41) is 0.613. The van der Waals surface area contributed by atoms with Gasteiger partial charge in [-0.05, 0) is 42.0 Å². The van der Waals surface area contributed by atoms with E-state index in [0.29, 0.717) is 28.2 Å². The summed E-state index contributed by atoms with van der Waals surface area (Å²) in [7, 11) is 3.16. The highest BCUT2D eigenvalue weighted by atomic mass is 32.1. The van der Waals surface area contributed by atoms with Gasteiger partial charge in [-0.2, -0.15) is 0 Å². The Labute approximate surface area is 138 Å². The molecular formula is C17H16N2O3S. The van der Waals surface area contributed by atoms with Crippen molar-refractivity contribution in [1.29, 1.82) is 0 Å². The van der Waals surface area contributed by atoms with Gasteiger partial charge in [0.05, 0.1) is 31.7 Å². The second-order valence-corrected chi connectivity index (χ2v) is 5.44. The Balaban J connectivity index is 2.09. The van der Waals surface area contributed by atoms with E-state index in [-0.39, 0.29) is 5.56 Å². The minimum Gasteiger partial charge on any atom is -0.493 e.